The van der Waals surface area contributed by atoms with Crippen LogP contribution in [-0.2, 0) is 17.7 Å². The Balaban J connectivity index is 1.98. The van der Waals surface area contributed by atoms with Gasteiger partial charge in [0.25, 0.3) is 5.84 Å². The van der Waals surface area contributed by atoms with Gasteiger partial charge in [-0.2, -0.15) is 4.99 Å². The summed E-state index contributed by atoms with van der Waals surface area (Å²) in [5.74, 6) is 1.26. The Morgan fingerprint density at radius 1 is 1.00 bits per heavy atom. The quantitative estimate of drug-likeness (QED) is 0.367. The Kier molecular flexibility index (Phi) is 6.67. The molecule has 0 aliphatic carbocycles. The number of aromatic nitrogens is 1. The summed E-state index contributed by atoms with van der Waals surface area (Å²) in [5, 5.41) is 5.22. The summed E-state index contributed by atoms with van der Waals surface area (Å²) < 4.78 is 6.09. The number of amidine groups is 1. The van der Waals surface area contributed by atoms with Gasteiger partial charge in [-0.3, -0.25) is 0 Å². The Morgan fingerprint density at radius 3 is 2.24 bits per heavy atom. The summed E-state index contributed by atoms with van der Waals surface area (Å²) in [5.41, 5.74) is 13.5. The number of aliphatic imine (C=N–C) groups is 1. The molecule has 0 amide bonds. The first kappa shape index (κ1) is 22.8. The zero-order valence-electron chi connectivity index (χ0n) is 19.9. The van der Waals surface area contributed by atoms with Gasteiger partial charge >= 0.3 is 0 Å². The Labute approximate surface area is 196 Å². The van der Waals surface area contributed by atoms with Crippen LogP contribution in [0.2, 0.25) is 0 Å². The van der Waals surface area contributed by atoms with Crippen LogP contribution in [0.1, 0.15) is 43.2 Å². The van der Waals surface area contributed by atoms with E-state index in [0.29, 0.717) is 31.3 Å². The number of hydrogen-bond acceptors (Lipinski definition) is 5. The maximum atomic E-state index is 6.45. The number of nitrogen functional groups attached to an aromatic ring is 1. The zero-order chi connectivity index (χ0) is 23.4. The van der Waals surface area contributed by atoms with Gasteiger partial charge in [-0.15, -0.1) is 4.59 Å². The molecule has 1 aromatic heterocycles. The summed E-state index contributed by atoms with van der Waals surface area (Å²) in [6.45, 7) is 9.65. The maximum absolute atomic E-state index is 6.45. The van der Waals surface area contributed by atoms with Crippen molar-refractivity contribution in [3.63, 3.8) is 0 Å². The van der Waals surface area contributed by atoms with E-state index >= 15 is 0 Å². The largest absolute Gasteiger partial charge is 0.382 e. The zero-order valence-corrected chi connectivity index (χ0v) is 19.9. The molecule has 0 spiro atoms. The van der Waals surface area contributed by atoms with Crippen molar-refractivity contribution in [3.8, 4) is 0 Å². The fourth-order valence-electron chi connectivity index (χ4n) is 4.43. The first-order valence-corrected chi connectivity index (χ1v) is 11.4. The number of anilines is 1. The van der Waals surface area contributed by atoms with Crippen LogP contribution in [0.3, 0.4) is 0 Å². The number of hydrogen-bond donors (Lipinski definition) is 1. The first-order chi connectivity index (χ1) is 15.9. The minimum absolute atomic E-state index is 0.220. The number of benzene rings is 2. The number of rotatable bonds is 8. The molecular formula is C27H32N5O+. The van der Waals surface area contributed by atoms with Gasteiger partial charge in [0.2, 0.25) is 5.69 Å². The number of aryl methyl sites for hydroxylation is 1. The number of pyridine rings is 1. The topological polar surface area (TPSA) is 72.9 Å². The molecule has 3 aromatic rings. The third-order valence-corrected chi connectivity index (χ3v) is 5.80. The van der Waals surface area contributed by atoms with Gasteiger partial charge in [0.05, 0.1) is 5.71 Å². The lowest BCUT2D eigenvalue weighted by atomic mass is 9.99. The molecule has 0 saturated carbocycles. The van der Waals surface area contributed by atoms with Gasteiger partial charge < -0.3 is 10.5 Å². The van der Waals surface area contributed by atoms with Crippen LogP contribution in [0.5, 0.6) is 0 Å². The molecule has 0 bridgehead atoms. The van der Waals surface area contributed by atoms with E-state index < -0.39 is 0 Å². The minimum Gasteiger partial charge on any atom is -0.382 e. The maximum Gasteiger partial charge on any atom is 0.262 e. The molecule has 0 fully saturated rings. The normalized spacial score (nSPS) is 16.9. The van der Waals surface area contributed by atoms with Crippen molar-refractivity contribution in [1.29, 1.82) is 0 Å². The average molecular weight is 443 g/mol. The number of nitrogens with zero attached hydrogens (tertiary/aromatic N) is 4. The van der Waals surface area contributed by atoms with Crippen LogP contribution in [0.4, 0.5) is 17.2 Å². The van der Waals surface area contributed by atoms with Crippen LogP contribution < -0.4 is 10.3 Å². The smallest absolute Gasteiger partial charge is 0.262 e. The number of ether oxygens (including phenoxy) is 1. The highest BCUT2D eigenvalue weighted by atomic mass is 16.5. The van der Waals surface area contributed by atoms with Gasteiger partial charge in [0.1, 0.15) is 13.2 Å². The van der Waals surface area contributed by atoms with E-state index in [9.17, 15) is 0 Å². The van der Waals surface area contributed by atoms with Gasteiger partial charge in [0, 0.05) is 29.8 Å². The lowest BCUT2D eigenvalue weighted by Crippen LogP contribution is -2.50. The van der Waals surface area contributed by atoms with Crippen LogP contribution >= 0.6 is 0 Å². The Morgan fingerprint density at radius 2 is 1.64 bits per heavy atom. The summed E-state index contributed by atoms with van der Waals surface area (Å²) in [4.78, 5) is 9.68. The van der Waals surface area contributed by atoms with Crippen molar-refractivity contribution in [3.05, 3.63) is 83.0 Å². The van der Waals surface area contributed by atoms with Crippen molar-refractivity contribution in [2.24, 2.45) is 10.1 Å². The molecule has 4 rings (SSSR count). The second-order valence-electron chi connectivity index (χ2n) is 8.55. The van der Waals surface area contributed by atoms with E-state index in [1.807, 2.05) is 39.8 Å². The second kappa shape index (κ2) is 9.65. The summed E-state index contributed by atoms with van der Waals surface area (Å²) in [6, 6.07) is 20.8. The molecule has 0 radical (unpaired) electrons. The number of nitrogens with two attached hydrogens (primary N) is 1. The highest BCUT2D eigenvalue weighted by molar-refractivity contribution is 6.07. The van der Waals surface area contributed by atoms with Crippen molar-refractivity contribution in [2.75, 3.05) is 18.9 Å². The van der Waals surface area contributed by atoms with Crippen LogP contribution in [-0.4, -0.2) is 29.7 Å². The van der Waals surface area contributed by atoms with E-state index in [1.54, 1.807) is 0 Å². The monoisotopic (exact) mass is 442 g/mol. The third-order valence-electron chi connectivity index (χ3n) is 5.80. The molecule has 0 saturated heterocycles. The molecule has 1 unspecified atom stereocenters. The molecule has 6 nitrogen and oxygen atoms in total. The van der Waals surface area contributed by atoms with Gasteiger partial charge in [-0.05, 0) is 33.3 Å². The van der Waals surface area contributed by atoms with E-state index in [1.165, 1.54) is 11.1 Å². The fraction of sp³-hybridized carbons (Fsp3) is 0.296. The molecule has 1 aliphatic rings. The van der Waals surface area contributed by atoms with E-state index in [4.69, 9.17) is 20.6 Å². The highest BCUT2D eigenvalue weighted by Crippen LogP contribution is 2.49. The predicted molar refractivity (Wildman–Crippen MR) is 137 cm³/mol. The van der Waals surface area contributed by atoms with Gasteiger partial charge in [-0.25, -0.2) is 4.98 Å². The SMILES string of the molecule is CCOCC1=Nc2c(N)nc(C)c(Cc3ccccc3)c2[N+]1(Cc1ccccc1)N=C(C)C. The average Bonchev–Trinajstić information content (AvgIpc) is 3.09. The summed E-state index contributed by atoms with van der Waals surface area (Å²) in [7, 11) is 0. The van der Waals surface area contributed by atoms with E-state index in [-0.39, 0.29) is 4.59 Å². The summed E-state index contributed by atoms with van der Waals surface area (Å²) in [6.07, 6.45) is 0.729. The Hall–Kier alpha value is -3.35. The van der Waals surface area contributed by atoms with Gasteiger partial charge in [-0.1, -0.05) is 65.8 Å². The molecule has 1 aliphatic heterocycles. The van der Waals surface area contributed by atoms with Crippen LogP contribution in [0.15, 0.2) is 70.8 Å². The predicted octanol–water partition coefficient (Wildman–Crippen LogP) is 5.55. The molecule has 2 heterocycles. The van der Waals surface area contributed by atoms with Crippen molar-refractivity contribution in [1.82, 2.24) is 9.58 Å². The van der Waals surface area contributed by atoms with Crippen molar-refractivity contribution < 1.29 is 4.74 Å². The lowest BCUT2D eigenvalue weighted by Gasteiger charge is -2.31. The number of fused-ring (bicyclic) bond motifs is 1. The lowest BCUT2D eigenvalue weighted by molar-refractivity contribution is 0.178. The molecule has 1 atom stereocenters. The third kappa shape index (κ3) is 4.58. The fourth-order valence-corrected chi connectivity index (χ4v) is 4.43. The highest BCUT2D eigenvalue weighted by Gasteiger charge is 2.49. The molecule has 2 aromatic carbocycles. The molecule has 33 heavy (non-hydrogen) atoms. The standard InChI is InChI=1S/C27H32N5O/c1-5-33-18-24-30-25-26(32(24,31-19(2)3)17-22-14-10-7-11-15-22)23(20(4)29-27(25)28)16-21-12-8-6-9-13-21/h6-15H,5,16-18H2,1-4H3,(H2,28,29)/q+1. The Bertz CT molecular complexity index is 1180. The van der Waals surface area contributed by atoms with Crippen molar-refractivity contribution >= 4 is 28.7 Å². The molecular weight excluding hydrogens is 410 g/mol. The van der Waals surface area contributed by atoms with Gasteiger partial charge in [0.15, 0.2) is 11.5 Å². The van der Waals surface area contributed by atoms with E-state index in [2.05, 4.69) is 53.5 Å². The molecule has 6 heteroatoms. The first-order valence-electron chi connectivity index (χ1n) is 11.4. The van der Waals surface area contributed by atoms with Crippen molar-refractivity contribution in [2.45, 2.75) is 40.7 Å². The van der Waals surface area contributed by atoms with Crippen LogP contribution in [0, 0.1) is 6.92 Å². The molecule has 2 N–H and O–H groups in total. The second-order valence-corrected chi connectivity index (χ2v) is 8.55. The molecule has 170 valence electrons. The van der Waals surface area contributed by atoms with Crippen LogP contribution in [0.25, 0.3) is 0 Å². The number of quaternary nitrogens is 1. The summed E-state index contributed by atoms with van der Waals surface area (Å²) >= 11 is 0. The minimum atomic E-state index is 0.220. The van der Waals surface area contributed by atoms with E-state index in [0.717, 1.165) is 34.9 Å².